The zero-order valence-electron chi connectivity index (χ0n) is 46.9. The Hall–Kier alpha value is -6.21. The molecule has 21 nitrogen and oxygen atoms in total. The molecule has 6 heterocycles. The van der Waals surface area contributed by atoms with Gasteiger partial charge in [-0.25, -0.2) is 14.8 Å². The van der Waals surface area contributed by atoms with Crippen LogP contribution in [-0.4, -0.2) is 189 Å². The summed E-state index contributed by atoms with van der Waals surface area (Å²) in [6.07, 6.45) is 9.16. The van der Waals surface area contributed by atoms with Crippen molar-refractivity contribution in [2.24, 2.45) is 0 Å². The van der Waals surface area contributed by atoms with E-state index >= 15 is 0 Å². The number of nitrogens with zero attached hydrogens (tertiary/aromatic N) is 5. The van der Waals surface area contributed by atoms with Crippen molar-refractivity contribution in [3.05, 3.63) is 76.7 Å². The molecule has 23 heteroatoms. The summed E-state index contributed by atoms with van der Waals surface area (Å²) in [7, 11) is 0. The Kier molecular flexibility index (Phi) is 25.0. The Morgan fingerprint density at radius 3 is 2.12 bits per heavy atom. The first-order chi connectivity index (χ1) is 40.0. The van der Waals surface area contributed by atoms with Crippen LogP contribution < -0.4 is 31.5 Å². The van der Waals surface area contributed by atoms with E-state index in [0.717, 1.165) is 102 Å². The second-order valence-corrected chi connectivity index (χ2v) is 23.3. The number of rotatable bonds is 34. The number of nitrogens with one attached hydrogen (secondary N) is 5. The van der Waals surface area contributed by atoms with Crippen molar-refractivity contribution >= 4 is 80.7 Å². The van der Waals surface area contributed by atoms with Crippen LogP contribution in [0, 0.1) is 0 Å². The van der Waals surface area contributed by atoms with Crippen molar-refractivity contribution in [3.8, 4) is 17.1 Å². The normalized spacial score (nSPS) is 18.1. The number of piperazine rings is 1. The van der Waals surface area contributed by atoms with Gasteiger partial charge < -0.3 is 60.4 Å². The zero-order valence-corrected chi connectivity index (χ0v) is 48.5. The number of urea groups is 1. The summed E-state index contributed by atoms with van der Waals surface area (Å²) in [5.74, 6) is 2.23. The highest BCUT2D eigenvalue weighted by atomic mass is 32.2. The third-order valence-corrected chi connectivity index (χ3v) is 17.3. The maximum absolute atomic E-state index is 13.1. The number of anilines is 1. The molecule has 82 heavy (non-hydrogen) atoms. The number of morpholine rings is 1. The van der Waals surface area contributed by atoms with Crippen molar-refractivity contribution in [2.45, 2.75) is 101 Å². The summed E-state index contributed by atoms with van der Waals surface area (Å²) in [5.41, 5.74) is 3.36. The van der Waals surface area contributed by atoms with Crippen molar-refractivity contribution in [3.63, 3.8) is 0 Å². The number of ketones is 1. The molecule has 6 N–H and O–H groups in total. The number of allylic oxidation sites excluding steroid dienone is 1. The molecule has 3 atom stereocenters. The highest BCUT2D eigenvalue weighted by Crippen LogP contribution is 2.36. The molecule has 2 aromatic heterocycles. The van der Waals surface area contributed by atoms with Gasteiger partial charge in [0, 0.05) is 132 Å². The van der Waals surface area contributed by atoms with Crippen molar-refractivity contribution in [1.82, 2.24) is 46.4 Å². The van der Waals surface area contributed by atoms with Crippen LogP contribution in [-0.2, 0) is 56.0 Å². The van der Waals surface area contributed by atoms with E-state index < -0.39 is 0 Å². The molecule has 0 spiro atoms. The molecule has 6 amide bonds. The lowest BCUT2D eigenvalue weighted by atomic mass is 10.0. The fourth-order valence-corrected chi connectivity index (χ4v) is 12.8. The molecule has 4 aliphatic heterocycles. The van der Waals surface area contributed by atoms with Crippen molar-refractivity contribution in [1.29, 1.82) is 0 Å². The van der Waals surface area contributed by atoms with E-state index in [4.69, 9.17) is 28.9 Å². The van der Waals surface area contributed by atoms with Crippen molar-refractivity contribution < 1.29 is 52.8 Å². The van der Waals surface area contributed by atoms with Gasteiger partial charge in [-0.3, -0.25) is 28.9 Å². The lowest BCUT2D eigenvalue weighted by molar-refractivity contribution is -0.134. The topological polar surface area (TPSA) is 255 Å². The number of phenols is 1. The number of carbonyl (C=O) groups is 6. The number of hydrogen-bond donors (Lipinski definition) is 6. The Morgan fingerprint density at radius 1 is 0.732 bits per heavy atom. The minimum Gasteiger partial charge on any atom is -0.508 e. The summed E-state index contributed by atoms with van der Waals surface area (Å²) in [6, 6.07) is 17.0. The minimum absolute atomic E-state index is 0.0245. The number of fused-ring (bicyclic) bond motifs is 2. The van der Waals surface area contributed by atoms with Crippen LogP contribution in [0.3, 0.4) is 0 Å². The summed E-state index contributed by atoms with van der Waals surface area (Å²) < 4.78 is 23.4. The second kappa shape index (κ2) is 33.2. The number of carbonyl (C=O) groups excluding carboxylic acids is 6. The number of thioether (sulfide) groups is 1. The van der Waals surface area contributed by atoms with Gasteiger partial charge in [-0.15, -0.1) is 11.3 Å². The Labute approximate surface area is 488 Å². The SMILES string of the molecule is O=C(C=Cc1ccc(CNC(=O)CCCC(=O)NCCCOCCOCCOCCCNC(=O)CCCC[C@@H]2SC[C@@H]3NC(=O)N[C@@H]32)cc1)CCC(=O)N1CCN(Cc2cc3nc(-c4cccc(O)c4)nc(N4CCOCC4)c3s2)CC1. The number of unbranched alkanes of at least 4 members (excludes halogenated alkanes) is 1. The fraction of sp³-hybridized carbons (Fsp3) is 0.559. The molecule has 0 radical (unpaired) electrons. The summed E-state index contributed by atoms with van der Waals surface area (Å²) in [5, 5.41) is 25.2. The van der Waals surface area contributed by atoms with Gasteiger partial charge in [0.2, 0.25) is 23.6 Å². The fourth-order valence-electron chi connectivity index (χ4n) is 10.1. The molecule has 4 aliphatic rings. The van der Waals surface area contributed by atoms with E-state index in [1.165, 1.54) is 6.08 Å². The number of thiophene rings is 1. The molecule has 4 saturated heterocycles. The van der Waals surface area contributed by atoms with E-state index in [2.05, 4.69) is 42.5 Å². The van der Waals surface area contributed by atoms with Crippen LogP contribution in [0.25, 0.3) is 27.7 Å². The lowest BCUT2D eigenvalue weighted by Crippen LogP contribution is -2.48. The third kappa shape index (κ3) is 20.3. The molecule has 4 aromatic rings. The molecule has 4 fully saturated rings. The molecule has 0 bridgehead atoms. The molecule has 8 rings (SSSR count). The molecule has 2 aromatic carbocycles. The number of aromatic hydroxyl groups is 1. The summed E-state index contributed by atoms with van der Waals surface area (Å²) >= 11 is 3.59. The number of phenolic OH excluding ortho intramolecular Hbond substituents is 1. The van der Waals surface area contributed by atoms with E-state index in [1.54, 1.807) is 35.6 Å². The van der Waals surface area contributed by atoms with Gasteiger partial charge in [-0.2, -0.15) is 11.8 Å². The van der Waals surface area contributed by atoms with Crippen LogP contribution >= 0.6 is 23.1 Å². The maximum atomic E-state index is 13.1. The highest BCUT2D eigenvalue weighted by Gasteiger charge is 2.42. The average Bonchev–Trinajstić information content (AvgIpc) is 4.18. The molecular formula is C59H80N10O11S2. The van der Waals surface area contributed by atoms with Gasteiger partial charge >= 0.3 is 6.03 Å². The van der Waals surface area contributed by atoms with Gasteiger partial charge in [0.05, 0.1) is 61.9 Å². The first-order valence-electron chi connectivity index (χ1n) is 29.0. The first-order valence-corrected chi connectivity index (χ1v) is 30.8. The molecule has 0 unspecified atom stereocenters. The Bertz CT molecular complexity index is 2750. The first kappa shape index (κ1) is 61.9. The summed E-state index contributed by atoms with van der Waals surface area (Å²) in [6.45, 7) is 10.3. The van der Waals surface area contributed by atoms with Gasteiger partial charge in [0.1, 0.15) is 5.75 Å². The van der Waals surface area contributed by atoms with Gasteiger partial charge in [0.25, 0.3) is 0 Å². The van der Waals surface area contributed by atoms with Crippen LogP contribution in [0.5, 0.6) is 5.75 Å². The third-order valence-electron chi connectivity index (χ3n) is 14.6. The number of benzene rings is 2. The van der Waals surface area contributed by atoms with Crippen LogP contribution in [0.2, 0.25) is 0 Å². The largest absolute Gasteiger partial charge is 0.508 e. The highest BCUT2D eigenvalue weighted by molar-refractivity contribution is 8.00. The Morgan fingerprint density at radius 2 is 1.41 bits per heavy atom. The number of ether oxygens (including phenoxy) is 4. The van der Waals surface area contributed by atoms with Gasteiger partial charge in [-0.1, -0.05) is 48.9 Å². The predicted molar refractivity (Wildman–Crippen MR) is 316 cm³/mol. The number of hydrogen-bond acceptors (Lipinski definition) is 17. The van der Waals surface area contributed by atoms with E-state index in [0.29, 0.717) is 116 Å². The van der Waals surface area contributed by atoms with Crippen LogP contribution in [0.4, 0.5) is 10.6 Å². The summed E-state index contributed by atoms with van der Waals surface area (Å²) in [4.78, 5) is 91.9. The second-order valence-electron chi connectivity index (χ2n) is 20.9. The van der Waals surface area contributed by atoms with E-state index in [-0.39, 0.29) is 79.0 Å². The monoisotopic (exact) mass is 1170 g/mol. The minimum atomic E-state index is -0.138. The van der Waals surface area contributed by atoms with Crippen molar-refractivity contribution in [2.75, 3.05) is 116 Å². The number of aromatic nitrogens is 2. The zero-order chi connectivity index (χ0) is 57.3. The standard InChI is InChI=1S/C59H80N10O11S2/c70-45(19-20-54(75)68-25-23-67(24-26-68)40-47-38-48-56(82-47)58(69-27-31-79-32-28-69)66-57(63-48)44-7-3-8-46(71)37-44)18-17-42-13-15-43(16-14-42)39-62-53(74)12-4-11-52(73)61-22-6-30-78-34-36-80-35-33-77-29-5-21-60-51(72)10-2-1-9-50-55-49(41-81-50)64-59(76)65-55/h3,7-8,13-18,37-38,49-50,55,71H,1-2,4-6,9-12,19-36,39-41H2,(H,60,72)(H,61,73)(H,62,74)(H2,64,65,76)/t49-,50-,55-/m0/s1. The Balaban J connectivity index is 0.587. The smallest absolute Gasteiger partial charge is 0.315 e. The molecule has 444 valence electrons. The average molecular weight is 1170 g/mol. The maximum Gasteiger partial charge on any atom is 0.315 e. The molecule has 0 saturated carbocycles. The predicted octanol–water partition coefficient (Wildman–Crippen LogP) is 5.18. The van der Waals surface area contributed by atoms with Gasteiger partial charge in [-0.05, 0) is 67.5 Å². The van der Waals surface area contributed by atoms with E-state index in [9.17, 15) is 33.9 Å². The lowest BCUT2D eigenvalue weighted by Gasteiger charge is -2.34. The number of amides is 6. The quantitative estimate of drug-likeness (QED) is 0.0200. The van der Waals surface area contributed by atoms with E-state index in [1.807, 2.05) is 47.0 Å². The molecular weight excluding hydrogens is 1090 g/mol. The van der Waals surface area contributed by atoms with Gasteiger partial charge in [0.15, 0.2) is 17.4 Å². The van der Waals surface area contributed by atoms with Crippen LogP contribution in [0.1, 0.15) is 86.6 Å². The molecule has 0 aliphatic carbocycles. The van der Waals surface area contributed by atoms with Crippen LogP contribution in [0.15, 0.2) is 60.7 Å².